The Morgan fingerprint density at radius 3 is 2.89 bits per heavy atom. The lowest BCUT2D eigenvalue weighted by atomic mass is 9.97. The molecule has 2 saturated heterocycles. The summed E-state index contributed by atoms with van der Waals surface area (Å²) >= 11 is 0. The number of piperazine rings is 1. The van der Waals surface area contributed by atoms with E-state index >= 15 is 0 Å². The molecule has 2 aliphatic rings. The highest BCUT2D eigenvalue weighted by Gasteiger charge is 2.34. The Morgan fingerprint density at radius 2 is 2.21 bits per heavy atom. The van der Waals surface area contributed by atoms with E-state index < -0.39 is 11.5 Å². The van der Waals surface area contributed by atoms with Crippen LogP contribution in [0.25, 0.3) is 0 Å². The summed E-state index contributed by atoms with van der Waals surface area (Å²) in [6, 6.07) is 0.712. The normalized spacial score (nSPS) is 28.0. The quantitative estimate of drug-likeness (QED) is 0.740. The summed E-state index contributed by atoms with van der Waals surface area (Å²) in [6.45, 7) is 9.92. The summed E-state index contributed by atoms with van der Waals surface area (Å²) < 4.78 is 0. The van der Waals surface area contributed by atoms with E-state index in [2.05, 4.69) is 15.1 Å². The van der Waals surface area contributed by atoms with Crippen LogP contribution in [-0.4, -0.2) is 71.7 Å². The molecule has 2 N–H and O–H groups in total. The molecule has 0 radical (unpaired) electrons. The molecular formula is C14H27N3O2. The van der Waals surface area contributed by atoms with Crippen molar-refractivity contribution in [1.82, 2.24) is 15.1 Å². The number of carboxylic acids is 1. The van der Waals surface area contributed by atoms with Gasteiger partial charge in [0.2, 0.25) is 0 Å². The van der Waals surface area contributed by atoms with E-state index in [1.54, 1.807) is 6.92 Å². The van der Waals surface area contributed by atoms with E-state index in [4.69, 9.17) is 0 Å². The van der Waals surface area contributed by atoms with Crippen molar-refractivity contribution in [2.24, 2.45) is 0 Å². The topological polar surface area (TPSA) is 55.8 Å². The van der Waals surface area contributed by atoms with Gasteiger partial charge in [-0.15, -0.1) is 0 Å². The van der Waals surface area contributed by atoms with Gasteiger partial charge in [-0.05, 0) is 39.3 Å². The highest BCUT2D eigenvalue weighted by atomic mass is 16.4. The second-order valence-corrected chi connectivity index (χ2v) is 6.05. The SMILES string of the molecule is CCNC(C)(CCN1CCN2CCCC2C1)C(=O)O. The monoisotopic (exact) mass is 269 g/mol. The fourth-order valence-electron chi connectivity index (χ4n) is 3.30. The van der Waals surface area contributed by atoms with Crippen LogP contribution in [0.4, 0.5) is 0 Å². The standard InChI is InChI=1S/C14H27N3O2/c1-3-15-14(2,13(18)19)6-8-16-9-10-17-7-4-5-12(17)11-16/h12,15H,3-11H2,1-2H3,(H,18,19). The minimum atomic E-state index is -0.790. The Kier molecular flexibility index (Phi) is 4.81. The number of hydrogen-bond acceptors (Lipinski definition) is 4. The average Bonchev–Trinajstić information content (AvgIpc) is 2.84. The molecule has 2 unspecified atom stereocenters. The van der Waals surface area contributed by atoms with E-state index in [9.17, 15) is 9.90 Å². The predicted molar refractivity (Wildman–Crippen MR) is 75.4 cm³/mol. The van der Waals surface area contributed by atoms with Crippen molar-refractivity contribution >= 4 is 5.97 Å². The van der Waals surface area contributed by atoms with Crippen molar-refractivity contribution in [3.8, 4) is 0 Å². The van der Waals surface area contributed by atoms with Crippen LogP contribution in [0.2, 0.25) is 0 Å². The fraction of sp³-hybridized carbons (Fsp3) is 0.929. The Morgan fingerprint density at radius 1 is 1.42 bits per heavy atom. The number of nitrogens with zero attached hydrogens (tertiary/aromatic N) is 2. The molecule has 19 heavy (non-hydrogen) atoms. The van der Waals surface area contributed by atoms with Crippen LogP contribution in [-0.2, 0) is 4.79 Å². The van der Waals surface area contributed by atoms with Gasteiger partial charge in [0.05, 0.1) is 0 Å². The van der Waals surface area contributed by atoms with Gasteiger partial charge in [-0.2, -0.15) is 0 Å². The molecule has 2 fully saturated rings. The lowest BCUT2D eigenvalue weighted by Gasteiger charge is -2.38. The third kappa shape index (κ3) is 3.46. The zero-order valence-corrected chi connectivity index (χ0v) is 12.2. The summed E-state index contributed by atoms with van der Waals surface area (Å²) in [5.74, 6) is -0.742. The first kappa shape index (κ1) is 14.8. The number of rotatable bonds is 6. The van der Waals surface area contributed by atoms with Crippen molar-refractivity contribution in [1.29, 1.82) is 0 Å². The van der Waals surface area contributed by atoms with Gasteiger partial charge in [-0.3, -0.25) is 9.69 Å². The molecule has 2 atom stereocenters. The van der Waals surface area contributed by atoms with E-state index in [1.807, 2.05) is 6.92 Å². The Hall–Kier alpha value is -0.650. The van der Waals surface area contributed by atoms with Gasteiger partial charge in [-0.1, -0.05) is 6.92 Å². The fourth-order valence-corrected chi connectivity index (χ4v) is 3.30. The first-order valence-electron chi connectivity index (χ1n) is 7.50. The highest BCUT2D eigenvalue weighted by molar-refractivity contribution is 5.78. The summed E-state index contributed by atoms with van der Waals surface area (Å²) in [4.78, 5) is 16.4. The molecular weight excluding hydrogens is 242 g/mol. The molecule has 0 aromatic rings. The van der Waals surface area contributed by atoms with Crippen molar-refractivity contribution < 1.29 is 9.90 Å². The lowest BCUT2D eigenvalue weighted by Crippen LogP contribution is -2.54. The van der Waals surface area contributed by atoms with E-state index in [-0.39, 0.29) is 0 Å². The van der Waals surface area contributed by atoms with Crippen LogP contribution in [0.15, 0.2) is 0 Å². The maximum absolute atomic E-state index is 11.4. The number of aliphatic carboxylic acids is 1. The Bertz CT molecular complexity index is 324. The molecule has 0 aliphatic carbocycles. The second kappa shape index (κ2) is 6.20. The third-order valence-electron chi connectivity index (χ3n) is 4.64. The maximum Gasteiger partial charge on any atom is 0.323 e. The number of carboxylic acid groups (broad SMARTS) is 1. The third-order valence-corrected chi connectivity index (χ3v) is 4.64. The molecule has 0 bridgehead atoms. The molecule has 0 spiro atoms. The minimum Gasteiger partial charge on any atom is -0.480 e. The summed E-state index contributed by atoms with van der Waals surface area (Å²) in [7, 11) is 0. The summed E-state index contributed by atoms with van der Waals surface area (Å²) in [5, 5.41) is 12.5. The molecule has 0 saturated carbocycles. The first-order chi connectivity index (χ1) is 9.05. The van der Waals surface area contributed by atoms with Gasteiger partial charge in [0.15, 0.2) is 0 Å². The second-order valence-electron chi connectivity index (χ2n) is 6.05. The smallest absolute Gasteiger partial charge is 0.323 e. The van der Waals surface area contributed by atoms with Crippen LogP contribution in [0, 0.1) is 0 Å². The molecule has 5 nitrogen and oxygen atoms in total. The van der Waals surface area contributed by atoms with Crippen LogP contribution in [0.1, 0.15) is 33.1 Å². The Balaban J connectivity index is 1.82. The highest BCUT2D eigenvalue weighted by Crippen LogP contribution is 2.22. The molecule has 0 amide bonds. The van der Waals surface area contributed by atoms with E-state index in [0.29, 0.717) is 19.0 Å². The van der Waals surface area contributed by atoms with Gasteiger partial charge in [0.25, 0.3) is 0 Å². The van der Waals surface area contributed by atoms with Gasteiger partial charge >= 0.3 is 5.97 Å². The zero-order valence-electron chi connectivity index (χ0n) is 12.2. The van der Waals surface area contributed by atoms with Crippen molar-refractivity contribution in [3.63, 3.8) is 0 Å². The number of nitrogens with one attached hydrogen (secondary N) is 1. The average molecular weight is 269 g/mol. The molecule has 2 rings (SSSR count). The van der Waals surface area contributed by atoms with Gasteiger partial charge in [-0.25, -0.2) is 0 Å². The summed E-state index contributed by atoms with van der Waals surface area (Å²) in [5.41, 5.74) is -0.790. The zero-order chi connectivity index (χ0) is 13.9. The van der Waals surface area contributed by atoms with Crippen molar-refractivity contribution in [2.75, 3.05) is 39.3 Å². The molecule has 0 aromatic carbocycles. The molecule has 0 aromatic heterocycles. The van der Waals surface area contributed by atoms with Crippen LogP contribution >= 0.6 is 0 Å². The lowest BCUT2D eigenvalue weighted by molar-refractivity contribution is -0.144. The maximum atomic E-state index is 11.4. The van der Waals surface area contributed by atoms with Gasteiger partial charge in [0.1, 0.15) is 5.54 Å². The molecule has 110 valence electrons. The van der Waals surface area contributed by atoms with Gasteiger partial charge in [0, 0.05) is 32.2 Å². The van der Waals surface area contributed by atoms with Crippen molar-refractivity contribution in [2.45, 2.75) is 44.7 Å². The summed E-state index contributed by atoms with van der Waals surface area (Å²) in [6.07, 6.45) is 3.30. The number of hydrogen-bond donors (Lipinski definition) is 2. The van der Waals surface area contributed by atoms with Crippen LogP contribution in [0.3, 0.4) is 0 Å². The predicted octanol–water partition coefficient (Wildman–Crippen LogP) is 0.609. The van der Waals surface area contributed by atoms with Crippen molar-refractivity contribution in [3.05, 3.63) is 0 Å². The number of carbonyl (C=O) groups is 1. The first-order valence-corrected chi connectivity index (χ1v) is 7.50. The van der Waals surface area contributed by atoms with Crippen LogP contribution in [0.5, 0.6) is 0 Å². The number of likely N-dealkylation sites (N-methyl/N-ethyl adjacent to an activating group) is 1. The minimum absolute atomic E-state index is 0.670. The number of fused-ring (bicyclic) bond motifs is 1. The molecule has 5 heteroatoms. The largest absolute Gasteiger partial charge is 0.480 e. The molecule has 2 heterocycles. The van der Waals surface area contributed by atoms with Gasteiger partial charge < -0.3 is 15.3 Å². The molecule has 2 aliphatic heterocycles. The van der Waals surface area contributed by atoms with E-state index in [1.165, 1.54) is 19.4 Å². The Labute approximate surface area is 115 Å². The van der Waals surface area contributed by atoms with E-state index in [0.717, 1.165) is 26.2 Å². The van der Waals surface area contributed by atoms with Crippen LogP contribution < -0.4 is 5.32 Å².